The third-order valence-corrected chi connectivity index (χ3v) is 4.76. The first kappa shape index (κ1) is 27.2. The largest absolute Gasteiger partial charge is 1.00 e. The summed E-state index contributed by atoms with van der Waals surface area (Å²) in [5, 5.41) is 0. The van der Waals surface area contributed by atoms with Crippen LogP contribution in [-0.4, -0.2) is 11.8 Å². The van der Waals surface area contributed by atoms with Crippen molar-refractivity contribution < 1.29 is 40.6 Å². The van der Waals surface area contributed by atoms with Crippen molar-refractivity contribution in [3.8, 4) is 0 Å². The van der Waals surface area contributed by atoms with Gasteiger partial charge in [0.1, 0.15) is 0 Å². The van der Waals surface area contributed by atoms with E-state index in [1.807, 2.05) is 0 Å². The van der Waals surface area contributed by atoms with Gasteiger partial charge in [0.25, 0.3) is 0 Å². The normalized spacial score (nSPS) is 11.7. The smallest absolute Gasteiger partial charge is 1.00 e. The van der Waals surface area contributed by atoms with Crippen LogP contribution in [0.2, 0.25) is 0 Å². The van der Waals surface area contributed by atoms with Crippen molar-refractivity contribution in [2.75, 3.05) is 0 Å². The van der Waals surface area contributed by atoms with Gasteiger partial charge in [-0.15, -0.1) is 0 Å². The van der Waals surface area contributed by atoms with Crippen LogP contribution in [-0.2, 0) is 9.59 Å². The summed E-state index contributed by atoms with van der Waals surface area (Å²) in [4.78, 5) is 22.1. The summed E-state index contributed by atoms with van der Waals surface area (Å²) < 4.78 is 0. The zero-order valence-corrected chi connectivity index (χ0v) is 18.9. The molecule has 0 heterocycles. The second-order valence-corrected chi connectivity index (χ2v) is 7.15. The molecule has 0 saturated heterocycles. The Kier molecular flexibility index (Phi) is 22.0. The molecule has 1 unspecified atom stereocenters. The average molecular weight is 365 g/mol. The molecular weight excluding hydrogens is 323 g/mol. The van der Waals surface area contributed by atoms with E-state index in [1.165, 1.54) is 77.0 Å². The monoisotopic (exact) mass is 364 g/mol. The van der Waals surface area contributed by atoms with Crippen molar-refractivity contribution >= 4 is 11.8 Å². The predicted molar refractivity (Wildman–Crippen MR) is 103 cm³/mol. The van der Waals surface area contributed by atoms with E-state index >= 15 is 0 Å². The maximum absolute atomic E-state index is 11.2. The maximum Gasteiger partial charge on any atom is 1.00 e. The molecule has 0 radical (unpaired) electrons. The topological polar surface area (TPSA) is 86.2 Å². The van der Waals surface area contributed by atoms with E-state index in [0.717, 1.165) is 12.8 Å². The molecule has 0 aliphatic carbocycles. The molecule has 0 aromatic rings. The quantitative estimate of drug-likeness (QED) is 0.288. The fraction of sp³-hybridized carbons (Fsp3) is 0.900. The molecule has 0 aliphatic heterocycles. The predicted octanol–water partition coefficient (Wildman–Crippen LogP) is 1.95. The molecule has 0 spiro atoms. The van der Waals surface area contributed by atoms with Gasteiger partial charge in [0.2, 0.25) is 11.8 Å². The molecule has 4 N–H and O–H groups in total. The van der Waals surface area contributed by atoms with Crippen molar-refractivity contribution in [2.45, 2.75) is 110 Å². The zero-order chi connectivity index (χ0) is 18.0. The molecule has 5 heteroatoms. The minimum absolute atomic E-state index is 0. The van der Waals surface area contributed by atoms with Gasteiger partial charge < -0.3 is 12.9 Å². The fourth-order valence-electron chi connectivity index (χ4n) is 3.17. The summed E-state index contributed by atoms with van der Waals surface area (Å²) in [5.74, 6) is -1.22. The zero-order valence-electron chi connectivity index (χ0n) is 17.9. The number of carbonyl (C=O) groups is 2. The molecule has 0 rings (SSSR count). The number of hydrogen-bond donors (Lipinski definition) is 2. The van der Waals surface area contributed by atoms with Crippen LogP contribution in [0.5, 0.6) is 0 Å². The van der Waals surface area contributed by atoms with Gasteiger partial charge in [-0.1, -0.05) is 96.8 Å². The second kappa shape index (κ2) is 20.3. The second-order valence-electron chi connectivity index (χ2n) is 7.15. The first-order chi connectivity index (χ1) is 11.6. The third kappa shape index (κ3) is 20.1. The average Bonchev–Trinajstić information content (AvgIpc) is 2.53. The minimum atomic E-state index is -0.441. The summed E-state index contributed by atoms with van der Waals surface area (Å²) in [6.45, 7) is 2.26. The van der Waals surface area contributed by atoms with Crippen LogP contribution in [0.3, 0.4) is 0 Å². The molecule has 25 heavy (non-hydrogen) atoms. The van der Waals surface area contributed by atoms with E-state index in [0.29, 0.717) is 6.42 Å². The number of unbranched alkanes of at least 4 members (excludes halogenated alkanes) is 13. The van der Waals surface area contributed by atoms with Crippen LogP contribution in [0, 0.1) is 5.92 Å². The molecule has 1 atom stereocenters. The van der Waals surface area contributed by atoms with Gasteiger partial charge in [-0.2, -0.15) is 0 Å². The molecular formula is C20H41N2NaO2. The summed E-state index contributed by atoms with van der Waals surface area (Å²) in [7, 11) is 0. The van der Waals surface area contributed by atoms with Crippen molar-refractivity contribution in [1.82, 2.24) is 0 Å². The number of rotatable bonds is 18. The number of hydrogen-bond acceptors (Lipinski definition) is 2. The van der Waals surface area contributed by atoms with Crippen LogP contribution in [0.4, 0.5) is 0 Å². The fourth-order valence-corrected chi connectivity index (χ4v) is 3.17. The molecule has 0 fully saturated rings. The van der Waals surface area contributed by atoms with E-state index in [-0.39, 0.29) is 43.3 Å². The SMILES string of the molecule is CCCCCCCCCCCCCCCCC(CC(N)=O)C(N)=O.[H-].[Na+]. The van der Waals surface area contributed by atoms with E-state index < -0.39 is 11.8 Å². The Morgan fingerprint density at radius 2 is 1.08 bits per heavy atom. The number of primary amides is 2. The number of carbonyl (C=O) groups excluding carboxylic acids is 2. The summed E-state index contributed by atoms with van der Waals surface area (Å²) in [6, 6.07) is 0. The molecule has 0 saturated carbocycles. The summed E-state index contributed by atoms with van der Waals surface area (Å²) >= 11 is 0. The Hall–Kier alpha value is -0.0600. The van der Waals surface area contributed by atoms with Crippen molar-refractivity contribution in [2.24, 2.45) is 17.4 Å². The van der Waals surface area contributed by atoms with Crippen molar-refractivity contribution in [3.63, 3.8) is 0 Å². The van der Waals surface area contributed by atoms with E-state index in [1.54, 1.807) is 0 Å². The molecule has 144 valence electrons. The van der Waals surface area contributed by atoms with Crippen LogP contribution in [0.15, 0.2) is 0 Å². The Balaban J connectivity index is -0.00000264. The van der Waals surface area contributed by atoms with Crippen LogP contribution < -0.4 is 41.0 Å². The maximum atomic E-state index is 11.2. The standard InChI is InChI=1S/C20H40N2O2.Na.H/c1-2-3-4-5-6-7-8-9-10-11-12-13-14-15-16-18(20(22)24)17-19(21)23;;/h18H,2-17H2,1H3,(H2,21,23)(H2,22,24);;/q;+1;-1. The molecule has 0 aromatic heterocycles. The van der Waals surface area contributed by atoms with Crippen LogP contribution in [0.25, 0.3) is 0 Å². The molecule has 0 aromatic carbocycles. The molecule has 2 amide bonds. The van der Waals surface area contributed by atoms with E-state index in [2.05, 4.69) is 6.92 Å². The summed E-state index contributed by atoms with van der Waals surface area (Å²) in [6.07, 6.45) is 19.1. The summed E-state index contributed by atoms with van der Waals surface area (Å²) in [5.41, 5.74) is 10.4. The molecule has 4 nitrogen and oxygen atoms in total. The van der Waals surface area contributed by atoms with E-state index in [4.69, 9.17) is 11.5 Å². The van der Waals surface area contributed by atoms with Gasteiger partial charge in [0, 0.05) is 12.3 Å². The van der Waals surface area contributed by atoms with Gasteiger partial charge in [-0.25, -0.2) is 0 Å². The first-order valence-electron chi connectivity index (χ1n) is 10.2. The van der Waals surface area contributed by atoms with Crippen molar-refractivity contribution in [3.05, 3.63) is 0 Å². The first-order valence-corrected chi connectivity index (χ1v) is 10.2. The van der Waals surface area contributed by atoms with Crippen LogP contribution in [0.1, 0.15) is 111 Å². The Labute approximate surface area is 179 Å². The van der Waals surface area contributed by atoms with Gasteiger partial charge >= 0.3 is 29.6 Å². The number of nitrogens with two attached hydrogens (primary N) is 2. The number of amides is 2. The molecule has 0 bridgehead atoms. The van der Waals surface area contributed by atoms with Crippen molar-refractivity contribution in [1.29, 1.82) is 0 Å². The molecule has 0 aliphatic rings. The van der Waals surface area contributed by atoms with Crippen LogP contribution >= 0.6 is 0 Å². The van der Waals surface area contributed by atoms with Gasteiger partial charge in [-0.3, -0.25) is 9.59 Å². The Morgan fingerprint density at radius 1 is 0.720 bits per heavy atom. The third-order valence-electron chi connectivity index (χ3n) is 4.76. The Morgan fingerprint density at radius 3 is 1.40 bits per heavy atom. The van der Waals surface area contributed by atoms with E-state index in [9.17, 15) is 9.59 Å². The van der Waals surface area contributed by atoms with Gasteiger partial charge in [0.05, 0.1) is 0 Å². The Bertz CT molecular complexity index is 331. The van der Waals surface area contributed by atoms with Gasteiger partial charge in [0.15, 0.2) is 0 Å². The van der Waals surface area contributed by atoms with Gasteiger partial charge in [-0.05, 0) is 6.42 Å². The minimum Gasteiger partial charge on any atom is -1.00 e.